The van der Waals surface area contributed by atoms with E-state index in [-0.39, 0.29) is 6.04 Å². The molecule has 1 unspecified atom stereocenters. The minimum absolute atomic E-state index is 0.0137. The molecule has 2 aromatic rings. The average Bonchev–Trinajstić information content (AvgIpc) is 2.88. The monoisotopic (exact) mass is 273 g/mol. The van der Waals surface area contributed by atoms with Crippen molar-refractivity contribution in [2.45, 2.75) is 32.4 Å². The van der Waals surface area contributed by atoms with Crippen molar-refractivity contribution in [3.05, 3.63) is 45.8 Å². The molecule has 1 aliphatic rings. The third kappa shape index (κ3) is 2.15. The van der Waals surface area contributed by atoms with Gasteiger partial charge in [0.2, 0.25) is 0 Å². The lowest BCUT2D eigenvalue weighted by molar-refractivity contribution is 0.617. The summed E-state index contributed by atoms with van der Waals surface area (Å²) in [5, 5.41) is 2.19. The van der Waals surface area contributed by atoms with E-state index < -0.39 is 0 Å². The number of hydrogen-bond acceptors (Lipinski definition) is 4. The van der Waals surface area contributed by atoms with E-state index in [4.69, 9.17) is 5.73 Å². The number of thiophene rings is 1. The van der Waals surface area contributed by atoms with E-state index in [1.807, 2.05) is 30.5 Å². The Balaban J connectivity index is 2.00. The van der Waals surface area contributed by atoms with Crippen LogP contribution in [0, 0.1) is 0 Å². The Morgan fingerprint density at radius 1 is 1.47 bits per heavy atom. The maximum absolute atomic E-state index is 6.08. The molecule has 3 rings (SSSR count). The highest BCUT2D eigenvalue weighted by atomic mass is 32.1. The van der Waals surface area contributed by atoms with Crippen LogP contribution in [0.4, 0.5) is 5.82 Å². The van der Waals surface area contributed by atoms with E-state index in [0.717, 1.165) is 24.3 Å². The summed E-state index contributed by atoms with van der Waals surface area (Å²) >= 11 is 1.87. The van der Waals surface area contributed by atoms with Gasteiger partial charge in [-0.15, -0.1) is 11.3 Å². The fourth-order valence-corrected chi connectivity index (χ4v) is 3.77. The molecule has 0 saturated carbocycles. The summed E-state index contributed by atoms with van der Waals surface area (Å²) in [5.41, 5.74) is 8.65. The molecule has 4 heteroatoms. The van der Waals surface area contributed by atoms with Crippen LogP contribution in [0.2, 0.25) is 0 Å². The zero-order chi connectivity index (χ0) is 13.4. The van der Waals surface area contributed by atoms with E-state index >= 15 is 0 Å². The van der Waals surface area contributed by atoms with Crippen LogP contribution < -0.4 is 10.6 Å². The van der Waals surface area contributed by atoms with Crippen molar-refractivity contribution in [2.75, 3.05) is 11.4 Å². The number of nitrogens with two attached hydrogens (primary N) is 1. The number of fused-ring (bicyclic) bond motifs is 1. The van der Waals surface area contributed by atoms with Crippen molar-refractivity contribution < 1.29 is 0 Å². The molecule has 100 valence electrons. The van der Waals surface area contributed by atoms with Crippen LogP contribution in [0.15, 0.2) is 29.8 Å². The Morgan fingerprint density at radius 3 is 3.11 bits per heavy atom. The van der Waals surface area contributed by atoms with E-state index in [1.54, 1.807) is 0 Å². The number of nitrogens with zero attached hydrogens (tertiary/aromatic N) is 2. The first kappa shape index (κ1) is 12.6. The molecule has 3 heterocycles. The van der Waals surface area contributed by atoms with Crippen LogP contribution in [-0.4, -0.2) is 11.5 Å². The lowest BCUT2D eigenvalue weighted by Gasteiger charge is -2.36. The second kappa shape index (κ2) is 4.94. The van der Waals surface area contributed by atoms with Gasteiger partial charge in [0.1, 0.15) is 5.82 Å². The highest BCUT2D eigenvalue weighted by molar-refractivity contribution is 7.10. The summed E-state index contributed by atoms with van der Waals surface area (Å²) in [6.07, 6.45) is 2.96. The predicted octanol–water partition coefficient (Wildman–Crippen LogP) is 3.29. The van der Waals surface area contributed by atoms with Crippen LogP contribution >= 0.6 is 11.3 Å². The van der Waals surface area contributed by atoms with Gasteiger partial charge in [-0.2, -0.15) is 0 Å². The van der Waals surface area contributed by atoms with E-state index in [2.05, 4.69) is 34.3 Å². The zero-order valence-corrected chi connectivity index (χ0v) is 12.2. The minimum Gasteiger partial charge on any atom is -0.349 e. The molecule has 0 radical (unpaired) electrons. The highest BCUT2D eigenvalue weighted by Gasteiger charge is 2.27. The molecule has 2 N–H and O–H groups in total. The molecule has 0 saturated heterocycles. The average molecular weight is 273 g/mol. The first-order valence-corrected chi connectivity index (χ1v) is 7.60. The van der Waals surface area contributed by atoms with Crippen LogP contribution in [0.3, 0.4) is 0 Å². The van der Waals surface area contributed by atoms with Crippen LogP contribution in [0.25, 0.3) is 0 Å². The van der Waals surface area contributed by atoms with Crippen LogP contribution in [0.1, 0.15) is 41.9 Å². The summed E-state index contributed by atoms with van der Waals surface area (Å²) < 4.78 is 0. The lowest BCUT2D eigenvalue weighted by atomic mass is 10.00. The molecule has 3 nitrogen and oxygen atoms in total. The second-order valence-electron chi connectivity index (χ2n) is 5.12. The van der Waals surface area contributed by atoms with E-state index in [9.17, 15) is 0 Å². The molecule has 0 spiro atoms. The summed E-state index contributed by atoms with van der Waals surface area (Å²) in [4.78, 5) is 8.48. The van der Waals surface area contributed by atoms with Crippen LogP contribution in [0.5, 0.6) is 0 Å². The van der Waals surface area contributed by atoms with E-state index in [0.29, 0.717) is 6.04 Å². The van der Waals surface area contributed by atoms with Crippen molar-refractivity contribution >= 4 is 17.2 Å². The van der Waals surface area contributed by atoms with E-state index in [1.165, 1.54) is 10.4 Å². The van der Waals surface area contributed by atoms with Gasteiger partial charge in [-0.25, -0.2) is 4.98 Å². The minimum atomic E-state index is 0.0137. The Bertz CT molecular complexity index is 576. The van der Waals surface area contributed by atoms with Gasteiger partial charge in [-0.3, -0.25) is 0 Å². The smallest absolute Gasteiger partial charge is 0.133 e. The fourth-order valence-electron chi connectivity index (χ4n) is 2.80. The molecule has 1 aliphatic heterocycles. The topological polar surface area (TPSA) is 42.2 Å². The first-order valence-electron chi connectivity index (χ1n) is 6.72. The SMILES string of the molecule is CC1c2ccsc2CCN1c1ncccc1[C@H](C)N. The Hall–Kier alpha value is -1.39. The van der Waals surface area contributed by atoms with Crippen molar-refractivity contribution in [2.24, 2.45) is 5.73 Å². The Morgan fingerprint density at radius 2 is 2.32 bits per heavy atom. The van der Waals surface area contributed by atoms with Gasteiger partial charge in [0.15, 0.2) is 0 Å². The van der Waals surface area contributed by atoms with Gasteiger partial charge in [-0.1, -0.05) is 6.07 Å². The largest absolute Gasteiger partial charge is 0.349 e. The first-order chi connectivity index (χ1) is 9.18. The predicted molar refractivity (Wildman–Crippen MR) is 80.6 cm³/mol. The molecular formula is C15H19N3S. The zero-order valence-electron chi connectivity index (χ0n) is 11.3. The van der Waals surface area contributed by atoms with Crippen molar-refractivity contribution in [1.82, 2.24) is 4.98 Å². The number of pyridine rings is 1. The normalized spacial score (nSPS) is 20.2. The summed E-state index contributed by atoms with van der Waals surface area (Å²) in [5.74, 6) is 1.04. The third-order valence-electron chi connectivity index (χ3n) is 3.86. The maximum Gasteiger partial charge on any atom is 0.133 e. The molecule has 0 fully saturated rings. The van der Waals surface area contributed by atoms with Gasteiger partial charge >= 0.3 is 0 Å². The summed E-state index contributed by atoms with van der Waals surface area (Å²) in [7, 11) is 0. The van der Waals surface area contributed by atoms with Crippen molar-refractivity contribution in [3.63, 3.8) is 0 Å². The maximum atomic E-state index is 6.08. The van der Waals surface area contributed by atoms with Crippen LogP contribution in [-0.2, 0) is 6.42 Å². The van der Waals surface area contributed by atoms with Gasteiger partial charge in [0.25, 0.3) is 0 Å². The third-order valence-corrected chi connectivity index (χ3v) is 4.85. The quantitative estimate of drug-likeness (QED) is 0.913. The molecular weight excluding hydrogens is 254 g/mol. The van der Waals surface area contributed by atoms with Gasteiger partial charge < -0.3 is 10.6 Å². The highest BCUT2D eigenvalue weighted by Crippen LogP contribution is 2.37. The molecule has 2 atom stereocenters. The molecule has 0 bridgehead atoms. The number of hydrogen-bond donors (Lipinski definition) is 1. The summed E-state index contributed by atoms with van der Waals surface area (Å²) in [6.45, 7) is 5.29. The Labute approximate surface area is 118 Å². The van der Waals surface area contributed by atoms with Gasteiger partial charge in [0, 0.05) is 29.2 Å². The van der Waals surface area contributed by atoms with Gasteiger partial charge in [0.05, 0.1) is 6.04 Å². The summed E-state index contributed by atoms with van der Waals surface area (Å²) in [6, 6.07) is 6.68. The molecule has 0 aromatic carbocycles. The molecule has 0 aliphatic carbocycles. The fraction of sp³-hybridized carbons (Fsp3) is 0.400. The Kier molecular flexibility index (Phi) is 3.29. The number of anilines is 1. The molecule has 2 aromatic heterocycles. The number of aromatic nitrogens is 1. The molecule has 0 amide bonds. The van der Waals surface area contributed by atoms with Crippen molar-refractivity contribution in [1.29, 1.82) is 0 Å². The number of rotatable bonds is 2. The lowest BCUT2D eigenvalue weighted by Crippen LogP contribution is -2.35. The molecule has 19 heavy (non-hydrogen) atoms. The van der Waals surface area contributed by atoms with Gasteiger partial charge in [-0.05, 0) is 43.3 Å². The standard InChI is InChI=1S/C15H19N3S/c1-10(16)12-4-3-7-17-15(12)18-8-5-14-13(11(18)2)6-9-19-14/h3-4,6-7,9-11H,5,8,16H2,1-2H3/t10-,11?/m0/s1. The second-order valence-corrected chi connectivity index (χ2v) is 6.12. The van der Waals surface area contributed by atoms with Crippen molar-refractivity contribution in [3.8, 4) is 0 Å².